The van der Waals surface area contributed by atoms with Gasteiger partial charge in [0, 0.05) is 0 Å². The van der Waals surface area contributed by atoms with Crippen molar-refractivity contribution >= 4 is 5.97 Å². The maximum Gasteiger partial charge on any atom is 0.335 e. The molecule has 1 unspecified atom stereocenters. The summed E-state index contributed by atoms with van der Waals surface area (Å²) in [6.45, 7) is 7.43. The third-order valence-corrected chi connectivity index (χ3v) is 2.94. The fraction of sp³-hybridized carbons (Fsp3) is 0.929. The molecule has 0 aliphatic heterocycles. The predicted octanol–water partition coefficient (Wildman–Crippen LogP) is 3.46. The van der Waals surface area contributed by atoms with E-state index in [4.69, 9.17) is 9.47 Å². The molecule has 0 spiro atoms. The lowest BCUT2D eigenvalue weighted by Crippen LogP contribution is -2.34. The fourth-order valence-electron chi connectivity index (χ4n) is 2.11. The van der Waals surface area contributed by atoms with Crippen LogP contribution in [0.1, 0.15) is 66.2 Å². The molecule has 1 atom stereocenters. The third-order valence-electron chi connectivity index (χ3n) is 2.94. The number of hydrogen-bond acceptors (Lipinski definition) is 3. The van der Waals surface area contributed by atoms with Crippen LogP contribution < -0.4 is 0 Å². The zero-order valence-corrected chi connectivity index (χ0v) is 11.6. The summed E-state index contributed by atoms with van der Waals surface area (Å²) in [5.41, 5.74) is -0.432. The van der Waals surface area contributed by atoms with Crippen molar-refractivity contribution in [2.45, 2.75) is 84.0 Å². The van der Waals surface area contributed by atoms with Gasteiger partial charge in [0.1, 0.15) is 5.60 Å². The number of ether oxygens (including phenoxy) is 2. The Labute approximate surface area is 105 Å². The van der Waals surface area contributed by atoms with Crippen molar-refractivity contribution < 1.29 is 14.3 Å². The van der Waals surface area contributed by atoms with E-state index < -0.39 is 11.7 Å². The topological polar surface area (TPSA) is 35.5 Å². The molecule has 1 saturated carbocycles. The Balaban J connectivity index is 2.36. The summed E-state index contributed by atoms with van der Waals surface area (Å²) in [4.78, 5) is 11.8. The molecular formula is C14H26O3. The Morgan fingerprint density at radius 2 is 1.65 bits per heavy atom. The zero-order chi connectivity index (χ0) is 12.9. The van der Waals surface area contributed by atoms with Gasteiger partial charge in [0.2, 0.25) is 0 Å². The van der Waals surface area contributed by atoms with Gasteiger partial charge in [-0.2, -0.15) is 0 Å². The summed E-state index contributed by atoms with van der Waals surface area (Å²) in [5, 5.41) is 0. The van der Waals surface area contributed by atoms with Crippen LogP contribution in [0, 0.1) is 0 Å². The Hall–Kier alpha value is -0.570. The van der Waals surface area contributed by atoms with E-state index in [1.165, 1.54) is 25.7 Å². The second kappa shape index (κ2) is 6.39. The summed E-state index contributed by atoms with van der Waals surface area (Å²) < 4.78 is 11.1. The molecule has 100 valence electrons. The highest BCUT2D eigenvalue weighted by molar-refractivity contribution is 5.74. The molecule has 1 rings (SSSR count). The average Bonchev–Trinajstić information content (AvgIpc) is 2.43. The zero-order valence-electron chi connectivity index (χ0n) is 11.6. The average molecular weight is 242 g/mol. The van der Waals surface area contributed by atoms with Crippen LogP contribution >= 0.6 is 0 Å². The van der Waals surface area contributed by atoms with Crippen LogP contribution in [0.25, 0.3) is 0 Å². The van der Waals surface area contributed by atoms with Crippen LogP contribution in [-0.2, 0) is 14.3 Å². The van der Waals surface area contributed by atoms with Crippen LogP contribution in [0.2, 0.25) is 0 Å². The SMILES string of the molecule is CC(OC1CCCCCC1)C(=O)OC(C)(C)C. The summed E-state index contributed by atoms with van der Waals surface area (Å²) in [7, 11) is 0. The molecule has 0 N–H and O–H groups in total. The molecule has 1 aliphatic carbocycles. The van der Waals surface area contributed by atoms with E-state index in [2.05, 4.69) is 0 Å². The van der Waals surface area contributed by atoms with E-state index in [1.54, 1.807) is 6.92 Å². The van der Waals surface area contributed by atoms with E-state index in [-0.39, 0.29) is 12.1 Å². The van der Waals surface area contributed by atoms with Crippen molar-refractivity contribution in [3.05, 3.63) is 0 Å². The largest absolute Gasteiger partial charge is 0.458 e. The standard InChI is InChI=1S/C14H26O3/c1-11(13(15)17-14(2,3)4)16-12-9-7-5-6-8-10-12/h11-12H,5-10H2,1-4H3. The van der Waals surface area contributed by atoms with E-state index >= 15 is 0 Å². The molecule has 3 nitrogen and oxygen atoms in total. The number of carbonyl (C=O) groups excluding carboxylic acids is 1. The van der Waals surface area contributed by atoms with E-state index in [0.29, 0.717) is 0 Å². The Bertz CT molecular complexity index is 234. The smallest absolute Gasteiger partial charge is 0.335 e. The van der Waals surface area contributed by atoms with Gasteiger partial charge >= 0.3 is 5.97 Å². The van der Waals surface area contributed by atoms with Gasteiger partial charge in [0.15, 0.2) is 6.10 Å². The quantitative estimate of drug-likeness (QED) is 0.561. The second-order valence-electron chi connectivity index (χ2n) is 5.93. The molecule has 0 heterocycles. The molecule has 0 saturated heterocycles. The summed E-state index contributed by atoms with van der Waals surface area (Å²) >= 11 is 0. The van der Waals surface area contributed by atoms with Crippen LogP contribution in [0.4, 0.5) is 0 Å². The van der Waals surface area contributed by atoms with Crippen molar-refractivity contribution in [1.29, 1.82) is 0 Å². The first-order valence-electron chi connectivity index (χ1n) is 6.77. The van der Waals surface area contributed by atoms with E-state index in [1.807, 2.05) is 20.8 Å². The summed E-state index contributed by atoms with van der Waals surface area (Å²) in [6.07, 6.45) is 6.95. The lowest BCUT2D eigenvalue weighted by Gasteiger charge is -2.25. The van der Waals surface area contributed by atoms with E-state index in [9.17, 15) is 4.79 Å². The van der Waals surface area contributed by atoms with Gasteiger partial charge < -0.3 is 9.47 Å². The molecular weight excluding hydrogens is 216 g/mol. The summed E-state index contributed by atoms with van der Waals surface area (Å²) in [6, 6.07) is 0. The minimum atomic E-state index is -0.447. The highest BCUT2D eigenvalue weighted by Crippen LogP contribution is 2.21. The van der Waals surface area contributed by atoms with Gasteiger partial charge in [-0.05, 0) is 40.5 Å². The van der Waals surface area contributed by atoms with Gasteiger partial charge in [0.25, 0.3) is 0 Å². The Morgan fingerprint density at radius 3 is 2.12 bits per heavy atom. The van der Waals surface area contributed by atoms with E-state index in [0.717, 1.165) is 12.8 Å². The lowest BCUT2D eigenvalue weighted by atomic mass is 10.1. The monoisotopic (exact) mass is 242 g/mol. The van der Waals surface area contributed by atoms with Crippen molar-refractivity contribution in [3.63, 3.8) is 0 Å². The van der Waals surface area contributed by atoms with Crippen molar-refractivity contribution in [2.24, 2.45) is 0 Å². The Kier molecular flexibility index (Phi) is 5.44. The van der Waals surface area contributed by atoms with Gasteiger partial charge in [-0.1, -0.05) is 25.7 Å². The molecule has 17 heavy (non-hydrogen) atoms. The molecule has 0 aromatic carbocycles. The molecule has 0 aromatic heterocycles. The van der Waals surface area contributed by atoms with Crippen molar-refractivity contribution in [2.75, 3.05) is 0 Å². The summed E-state index contributed by atoms with van der Waals surface area (Å²) in [5.74, 6) is -0.248. The van der Waals surface area contributed by atoms with Gasteiger partial charge in [0.05, 0.1) is 6.10 Å². The first kappa shape index (κ1) is 14.5. The van der Waals surface area contributed by atoms with Gasteiger partial charge in [-0.25, -0.2) is 4.79 Å². The fourth-order valence-corrected chi connectivity index (χ4v) is 2.11. The first-order chi connectivity index (χ1) is 7.88. The van der Waals surface area contributed by atoms with Crippen LogP contribution in [0.15, 0.2) is 0 Å². The normalized spacial score (nSPS) is 20.7. The lowest BCUT2D eigenvalue weighted by molar-refractivity contribution is -0.171. The number of esters is 1. The minimum Gasteiger partial charge on any atom is -0.458 e. The molecule has 0 bridgehead atoms. The van der Waals surface area contributed by atoms with Crippen LogP contribution in [0.3, 0.4) is 0 Å². The second-order valence-corrected chi connectivity index (χ2v) is 5.93. The van der Waals surface area contributed by atoms with Crippen LogP contribution in [0.5, 0.6) is 0 Å². The van der Waals surface area contributed by atoms with Gasteiger partial charge in [-0.3, -0.25) is 0 Å². The third kappa shape index (κ3) is 6.06. The minimum absolute atomic E-state index is 0.236. The Morgan fingerprint density at radius 1 is 1.12 bits per heavy atom. The van der Waals surface area contributed by atoms with Crippen molar-refractivity contribution in [1.82, 2.24) is 0 Å². The highest BCUT2D eigenvalue weighted by atomic mass is 16.6. The predicted molar refractivity (Wildman–Crippen MR) is 67.9 cm³/mol. The first-order valence-corrected chi connectivity index (χ1v) is 6.77. The maximum atomic E-state index is 11.8. The molecule has 3 heteroatoms. The van der Waals surface area contributed by atoms with Crippen LogP contribution in [-0.4, -0.2) is 23.8 Å². The van der Waals surface area contributed by atoms with Gasteiger partial charge in [-0.15, -0.1) is 0 Å². The number of carbonyl (C=O) groups is 1. The molecule has 1 aliphatic rings. The number of hydrogen-bond donors (Lipinski definition) is 0. The number of rotatable bonds is 3. The molecule has 1 fully saturated rings. The molecule has 0 aromatic rings. The van der Waals surface area contributed by atoms with Crippen molar-refractivity contribution in [3.8, 4) is 0 Å². The molecule has 0 amide bonds. The maximum absolute atomic E-state index is 11.8. The molecule has 0 radical (unpaired) electrons. The highest BCUT2D eigenvalue weighted by Gasteiger charge is 2.25.